The summed E-state index contributed by atoms with van der Waals surface area (Å²) in [7, 11) is 0. The highest BCUT2D eigenvalue weighted by molar-refractivity contribution is 6.42. The minimum Gasteiger partial charge on any atom is -0.384 e. The van der Waals surface area contributed by atoms with Gasteiger partial charge < -0.3 is 10.2 Å². The van der Waals surface area contributed by atoms with Gasteiger partial charge in [-0.1, -0.05) is 35.3 Å². The molecule has 0 heterocycles. The van der Waals surface area contributed by atoms with Crippen LogP contribution in [0.15, 0.2) is 18.2 Å². The topological polar surface area (TPSA) is 64.2 Å². The van der Waals surface area contributed by atoms with E-state index in [1.807, 2.05) is 0 Å². The molecule has 1 rings (SSSR count). The number of nitriles is 1. The van der Waals surface area contributed by atoms with E-state index in [2.05, 4.69) is 0 Å². The molecule has 0 saturated carbocycles. The Labute approximate surface area is 91.1 Å². The maximum atomic E-state index is 9.48. The Bertz CT molecular complexity index is 376. The van der Waals surface area contributed by atoms with Gasteiger partial charge in [-0.2, -0.15) is 5.26 Å². The molecule has 0 fully saturated rings. The molecular formula is C9H7Cl2NO2. The van der Waals surface area contributed by atoms with Crippen LogP contribution in [0.4, 0.5) is 0 Å². The van der Waals surface area contributed by atoms with E-state index in [0.717, 1.165) is 0 Å². The van der Waals surface area contributed by atoms with E-state index >= 15 is 0 Å². The van der Waals surface area contributed by atoms with Gasteiger partial charge in [0, 0.05) is 5.56 Å². The Morgan fingerprint density at radius 3 is 2.50 bits per heavy atom. The number of aliphatic hydroxyl groups is 2. The highest BCUT2D eigenvalue weighted by atomic mass is 35.5. The number of benzene rings is 1. The summed E-state index contributed by atoms with van der Waals surface area (Å²) < 4.78 is 0. The molecule has 5 heteroatoms. The van der Waals surface area contributed by atoms with Crippen molar-refractivity contribution in [2.24, 2.45) is 0 Å². The van der Waals surface area contributed by atoms with E-state index in [9.17, 15) is 5.11 Å². The summed E-state index contributed by atoms with van der Waals surface area (Å²) in [6, 6.07) is 6.15. The van der Waals surface area contributed by atoms with Gasteiger partial charge >= 0.3 is 0 Å². The second-order valence-electron chi connectivity index (χ2n) is 2.66. The van der Waals surface area contributed by atoms with Crippen molar-refractivity contribution in [3.8, 4) is 6.07 Å². The van der Waals surface area contributed by atoms with E-state index in [1.165, 1.54) is 12.1 Å². The average Bonchev–Trinajstić information content (AvgIpc) is 2.20. The Morgan fingerprint density at radius 1 is 1.29 bits per heavy atom. The number of nitrogens with zero attached hydrogens (tertiary/aromatic N) is 1. The zero-order valence-electron chi connectivity index (χ0n) is 6.98. The molecule has 74 valence electrons. The molecule has 2 N–H and O–H groups in total. The van der Waals surface area contributed by atoms with Gasteiger partial charge in [0.15, 0.2) is 6.10 Å². The zero-order valence-corrected chi connectivity index (χ0v) is 8.50. The third-order valence-electron chi connectivity index (χ3n) is 1.73. The smallest absolute Gasteiger partial charge is 0.170 e. The molecule has 2 atom stereocenters. The largest absolute Gasteiger partial charge is 0.384 e. The molecule has 1 aromatic rings. The van der Waals surface area contributed by atoms with Crippen LogP contribution >= 0.6 is 23.2 Å². The lowest BCUT2D eigenvalue weighted by molar-refractivity contribution is 0.0528. The zero-order chi connectivity index (χ0) is 10.7. The Kier molecular flexibility index (Phi) is 3.73. The average molecular weight is 232 g/mol. The molecule has 0 bridgehead atoms. The lowest BCUT2D eigenvalue weighted by atomic mass is 10.1. The highest BCUT2D eigenvalue weighted by Crippen LogP contribution is 2.31. The fourth-order valence-electron chi connectivity index (χ4n) is 0.990. The van der Waals surface area contributed by atoms with Crippen molar-refractivity contribution in [3.05, 3.63) is 33.8 Å². The predicted octanol–water partition coefficient (Wildman–Crippen LogP) is 1.91. The van der Waals surface area contributed by atoms with Crippen LogP contribution in [0, 0.1) is 11.3 Å². The predicted molar refractivity (Wildman–Crippen MR) is 53.0 cm³/mol. The van der Waals surface area contributed by atoms with E-state index in [-0.39, 0.29) is 15.6 Å². The quantitative estimate of drug-likeness (QED) is 0.765. The molecule has 1 aromatic carbocycles. The third kappa shape index (κ3) is 2.17. The van der Waals surface area contributed by atoms with E-state index < -0.39 is 12.2 Å². The lowest BCUT2D eigenvalue weighted by Crippen LogP contribution is -2.16. The molecule has 0 spiro atoms. The van der Waals surface area contributed by atoms with Crippen LogP contribution in [-0.2, 0) is 0 Å². The van der Waals surface area contributed by atoms with Gasteiger partial charge in [-0.25, -0.2) is 0 Å². The van der Waals surface area contributed by atoms with Crippen LogP contribution < -0.4 is 0 Å². The Morgan fingerprint density at radius 2 is 1.93 bits per heavy atom. The van der Waals surface area contributed by atoms with Crippen molar-refractivity contribution in [3.63, 3.8) is 0 Å². The van der Waals surface area contributed by atoms with Gasteiger partial charge in [0.25, 0.3) is 0 Å². The highest BCUT2D eigenvalue weighted by Gasteiger charge is 2.20. The normalized spacial score (nSPS) is 14.5. The summed E-state index contributed by atoms with van der Waals surface area (Å²) >= 11 is 11.5. The lowest BCUT2D eigenvalue weighted by Gasteiger charge is -2.13. The number of aliphatic hydroxyl groups excluding tert-OH is 2. The van der Waals surface area contributed by atoms with Crippen molar-refractivity contribution < 1.29 is 10.2 Å². The van der Waals surface area contributed by atoms with Crippen LogP contribution in [0.5, 0.6) is 0 Å². The molecule has 0 radical (unpaired) electrons. The summed E-state index contributed by atoms with van der Waals surface area (Å²) in [5.41, 5.74) is 0.244. The first-order chi connectivity index (χ1) is 6.57. The summed E-state index contributed by atoms with van der Waals surface area (Å²) in [5.74, 6) is 0. The molecule has 0 saturated heterocycles. The molecule has 14 heavy (non-hydrogen) atoms. The van der Waals surface area contributed by atoms with Crippen LogP contribution in [0.1, 0.15) is 11.7 Å². The van der Waals surface area contributed by atoms with Gasteiger partial charge in [-0.05, 0) is 6.07 Å². The molecule has 0 aromatic heterocycles. The Balaban J connectivity index is 3.08. The number of hydrogen-bond donors (Lipinski definition) is 2. The van der Waals surface area contributed by atoms with Crippen molar-refractivity contribution in [1.82, 2.24) is 0 Å². The summed E-state index contributed by atoms with van der Waals surface area (Å²) in [5, 5.41) is 27.4. The SMILES string of the molecule is N#CC(O)C(O)c1cccc(Cl)c1Cl. The first-order valence-electron chi connectivity index (χ1n) is 3.77. The molecular weight excluding hydrogens is 225 g/mol. The minimum atomic E-state index is -1.51. The van der Waals surface area contributed by atoms with E-state index in [0.29, 0.717) is 0 Å². The number of hydrogen-bond acceptors (Lipinski definition) is 3. The van der Waals surface area contributed by atoms with Crippen molar-refractivity contribution >= 4 is 23.2 Å². The fraction of sp³-hybridized carbons (Fsp3) is 0.222. The second kappa shape index (κ2) is 4.63. The maximum Gasteiger partial charge on any atom is 0.170 e. The summed E-state index contributed by atoms with van der Waals surface area (Å²) in [4.78, 5) is 0. The summed E-state index contributed by atoms with van der Waals surface area (Å²) in [6.45, 7) is 0. The van der Waals surface area contributed by atoms with Crippen molar-refractivity contribution in [2.45, 2.75) is 12.2 Å². The second-order valence-corrected chi connectivity index (χ2v) is 3.45. The van der Waals surface area contributed by atoms with E-state index in [1.54, 1.807) is 12.1 Å². The van der Waals surface area contributed by atoms with Gasteiger partial charge in [0.2, 0.25) is 0 Å². The Hall–Kier alpha value is -0.790. The minimum absolute atomic E-state index is 0.149. The molecule has 0 amide bonds. The van der Waals surface area contributed by atoms with Gasteiger partial charge in [0.1, 0.15) is 6.10 Å². The maximum absolute atomic E-state index is 9.48. The molecule has 2 unspecified atom stereocenters. The fourth-order valence-corrected chi connectivity index (χ4v) is 1.41. The molecule has 0 aliphatic rings. The van der Waals surface area contributed by atoms with Crippen molar-refractivity contribution in [1.29, 1.82) is 5.26 Å². The standard InChI is InChI=1S/C9H7Cl2NO2/c10-6-3-1-2-5(8(6)11)9(14)7(13)4-12/h1-3,7,9,13-14H. The molecule has 3 nitrogen and oxygen atoms in total. The first kappa shape index (κ1) is 11.3. The third-order valence-corrected chi connectivity index (χ3v) is 2.56. The van der Waals surface area contributed by atoms with Crippen LogP contribution in [0.25, 0.3) is 0 Å². The van der Waals surface area contributed by atoms with Crippen molar-refractivity contribution in [2.75, 3.05) is 0 Å². The number of halogens is 2. The molecule has 0 aliphatic carbocycles. The molecule has 0 aliphatic heterocycles. The van der Waals surface area contributed by atoms with Crippen LogP contribution in [0.2, 0.25) is 10.0 Å². The van der Waals surface area contributed by atoms with Crippen LogP contribution in [-0.4, -0.2) is 16.3 Å². The van der Waals surface area contributed by atoms with Crippen LogP contribution in [0.3, 0.4) is 0 Å². The summed E-state index contributed by atoms with van der Waals surface area (Å²) in [6.07, 6.45) is -2.85. The van der Waals surface area contributed by atoms with E-state index in [4.69, 9.17) is 33.6 Å². The monoisotopic (exact) mass is 231 g/mol. The van der Waals surface area contributed by atoms with Gasteiger partial charge in [-0.15, -0.1) is 0 Å². The first-order valence-corrected chi connectivity index (χ1v) is 4.53. The number of rotatable bonds is 2. The van der Waals surface area contributed by atoms with Gasteiger partial charge in [-0.3, -0.25) is 0 Å². The van der Waals surface area contributed by atoms with Gasteiger partial charge in [0.05, 0.1) is 16.1 Å².